The van der Waals surface area contributed by atoms with Gasteiger partial charge in [-0.1, -0.05) is 24.3 Å². The number of hydrogen-bond donors (Lipinski definition) is 2. The molecule has 0 aliphatic heterocycles. The minimum Gasteiger partial charge on any atom is -0.305 e. The summed E-state index contributed by atoms with van der Waals surface area (Å²) in [6.07, 6.45) is 5.30. The van der Waals surface area contributed by atoms with Crippen LogP contribution in [0.4, 0.5) is 10.3 Å². The van der Waals surface area contributed by atoms with Gasteiger partial charge >= 0.3 is 0 Å². The molecule has 4 rings (SSSR count). The zero-order valence-electron chi connectivity index (χ0n) is 18.1. The van der Waals surface area contributed by atoms with E-state index in [4.69, 9.17) is 0 Å². The molecule has 162 valence electrons. The van der Waals surface area contributed by atoms with Gasteiger partial charge in [-0.3, -0.25) is 15.2 Å². The average Bonchev–Trinajstić information content (AvgIpc) is 3.16. The molecule has 2 aromatic carbocycles. The summed E-state index contributed by atoms with van der Waals surface area (Å²) in [6, 6.07) is 12.8. The summed E-state index contributed by atoms with van der Waals surface area (Å²) in [6.45, 7) is 1.97. The highest BCUT2D eigenvalue weighted by Gasteiger charge is 2.08. The smallest absolute Gasteiger partial charge is 0.229 e. The lowest BCUT2D eigenvalue weighted by atomic mass is 10.1. The quantitative estimate of drug-likeness (QED) is 0.475. The minimum atomic E-state index is -0.227. The molecule has 0 fully saturated rings. The summed E-state index contributed by atoms with van der Waals surface area (Å²) in [7, 11) is 3.82. The van der Waals surface area contributed by atoms with Crippen molar-refractivity contribution in [3.63, 3.8) is 0 Å². The number of halogens is 1. The van der Waals surface area contributed by atoms with Gasteiger partial charge in [-0.25, -0.2) is 14.4 Å². The molecule has 4 aromatic rings. The highest BCUT2D eigenvalue weighted by molar-refractivity contribution is 5.92. The van der Waals surface area contributed by atoms with Crippen molar-refractivity contribution in [2.45, 2.75) is 13.5 Å². The number of nitrogens with one attached hydrogen (secondary N) is 2. The SMILES string of the molecule is CC(=O)Nc1nccc(-c2ccc3c(C=Cc4ccc(CN(C)C)c(F)c4)n[nH]c3c2)n1. The van der Waals surface area contributed by atoms with E-state index in [0.29, 0.717) is 17.8 Å². The van der Waals surface area contributed by atoms with Gasteiger partial charge in [0.2, 0.25) is 11.9 Å². The number of rotatable bonds is 6. The molecule has 32 heavy (non-hydrogen) atoms. The summed E-state index contributed by atoms with van der Waals surface area (Å²) in [5, 5.41) is 10.9. The van der Waals surface area contributed by atoms with Crippen LogP contribution in [0.5, 0.6) is 0 Å². The normalized spacial score (nSPS) is 11.5. The molecule has 0 bridgehead atoms. The Morgan fingerprint density at radius 3 is 2.75 bits per heavy atom. The van der Waals surface area contributed by atoms with Crippen molar-refractivity contribution in [3.05, 3.63) is 71.3 Å². The molecule has 8 heteroatoms. The second kappa shape index (κ2) is 9.07. The Kier molecular flexibility index (Phi) is 6.04. The largest absolute Gasteiger partial charge is 0.305 e. The fraction of sp³-hybridized carbons (Fsp3) is 0.167. The lowest BCUT2D eigenvalue weighted by Crippen LogP contribution is -2.11. The van der Waals surface area contributed by atoms with Crippen LogP contribution in [0, 0.1) is 5.82 Å². The Hall–Kier alpha value is -3.91. The number of anilines is 1. The maximum Gasteiger partial charge on any atom is 0.229 e. The first-order valence-corrected chi connectivity index (χ1v) is 10.1. The highest BCUT2D eigenvalue weighted by Crippen LogP contribution is 2.25. The number of H-pyrrole nitrogens is 1. The number of nitrogens with zero attached hydrogens (tertiary/aromatic N) is 4. The summed E-state index contributed by atoms with van der Waals surface area (Å²) in [5.74, 6) is -0.192. The third kappa shape index (κ3) is 4.87. The fourth-order valence-corrected chi connectivity index (χ4v) is 3.38. The Morgan fingerprint density at radius 1 is 1.16 bits per heavy atom. The molecule has 0 atom stereocenters. The van der Waals surface area contributed by atoms with Crippen LogP contribution in [0.3, 0.4) is 0 Å². The molecule has 0 aliphatic rings. The summed E-state index contributed by atoms with van der Waals surface area (Å²) < 4.78 is 14.3. The molecular formula is C24H23FN6O. The van der Waals surface area contributed by atoms with Gasteiger partial charge in [0.1, 0.15) is 5.82 Å². The molecule has 0 aliphatic carbocycles. The van der Waals surface area contributed by atoms with Crippen molar-refractivity contribution >= 4 is 34.9 Å². The number of aromatic amines is 1. The average molecular weight is 430 g/mol. The zero-order valence-corrected chi connectivity index (χ0v) is 18.1. The molecule has 7 nitrogen and oxygen atoms in total. The summed E-state index contributed by atoms with van der Waals surface area (Å²) in [4.78, 5) is 21.6. The van der Waals surface area contributed by atoms with Crippen molar-refractivity contribution < 1.29 is 9.18 Å². The molecular weight excluding hydrogens is 407 g/mol. The molecule has 2 heterocycles. The van der Waals surface area contributed by atoms with E-state index in [1.54, 1.807) is 18.3 Å². The van der Waals surface area contributed by atoms with E-state index in [1.807, 2.05) is 55.4 Å². The van der Waals surface area contributed by atoms with Gasteiger partial charge < -0.3 is 4.90 Å². The Balaban J connectivity index is 1.57. The van der Waals surface area contributed by atoms with Crippen LogP contribution in [0.2, 0.25) is 0 Å². The minimum absolute atomic E-state index is 0.221. The first-order chi connectivity index (χ1) is 15.4. The Labute approximate surface area is 185 Å². The lowest BCUT2D eigenvalue weighted by Gasteiger charge is -2.10. The van der Waals surface area contributed by atoms with Crippen LogP contribution in [0.25, 0.3) is 34.3 Å². The van der Waals surface area contributed by atoms with Crippen LogP contribution < -0.4 is 5.32 Å². The van der Waals surface area contributed by atoms with Crippen LogP contribution in [0.1, 0.15) is 23.7 Å². The van der Waals surface area contributed by atoms with E-state index in [-0.39, 0.29) is 17.7 Å². The van der Waals surface area contributed by atoms with Gasteiger partial charge in [0.05, 0.1) is 16.9 Å². The van der Waals surface area contributed by atoms with Gasteiger partial charge in [-0.05, 0) is 50.0 Å². The molecule has 0 saturated heterocycles. The number of carbonyl (C=O) groups excluding carboxylic acids is 1. The molecule has 1 amide bonds. The monoisotopic (exact) mass is 430 g/mol. The van der Waals surface area contributed by atoms with E-state index in [9.17, 15) is 9.18 Å². The van der Waals surface area contributed by atoms with Gasteiger partial charge in [-0.15, -0.1) is 0 Å². The van der Waals surface area contributed by atoms with E-state index in [1.165, 1.54) is 13.0 Å². The maximum atomic E-state index is 14.3. The molecule has 0 unspecified atom stereocenters. The van der Waals surface area contributed by atoms with E-state index in [0.717, 1.165) is 27.7 Å². The third-order valence-corrected chi connectivity index (χ3v) is 4.83. The number of benzene rings is 2. The van der Waals surface area contributed by atoms with Crippen LogP contribution >= 0.6 is 0 Å². The van der Waals surface area contributed by atoms with E-state index in [2.05, 4.69) is 25.5 Å². The predicted octanol–water partition coefficient (Wildman–Crippen LogP) is 4.35. The topological polar surface area (TPSA) is 86.8 Å². The predicted molar refractivity (Wildman–Crippen MR) is 124 cm³/mol. The van der Waals surface area contributed by atoms with Crippen LogP contribution in [-0.2, 0) is 11.3 Å². The zero-order chi connectivity index (χ0) is 22.7. The standard InChI is InChI=1S/C24H23FN6O/c1-15(32)27-24-26-11-10-21(28-24)17-7-8-19-22(29-30-23(19)13-17)9-5-16-4-6-18(14-31(2)3)20(25)12-16/h4-13H,14H2,1-3H3,(H,29,30)(H,26,27,28,32). The van der Waals surface area contributed by atoms with Crippen molar-refractivity contribution in [3.8, 4) is 11.3 Å². The van der Waals surface area contributed by atoms with Crippen molar-refractivity contribution in [2.24, 2.45) is 0 Å². The van der Waals surface area contributed by atoms with Gasteiger partial charge in [0, 0.05) is 36.2 Å². The second-order valence-electron chi connectivity index (χ2n) is 7.74. The van der Waals surface area contributed by atoms with E-state index < -0.39 is 0 Å². The van der Waals surface area contributed by atoms with Crippen molar-refractivity contribution in [1.29, 1.82) is 0 Å². The molecule has 2 N–H and O–H groups in total. The van der Waals surface area contributed by atoms with Gasteiger partial charge in [0.25, 0.3) is 0 Å². The number of carbonyl (C=O) groups is 1. The number of fused-ring (bicyclic) bond motifs is 1. The number of aromatic nitrogens is 4. The van der Waals surface area contributed by atoms with Crippen molar-refractivity contribution in [1.82, 2.24) is 25.1 Å². The molecule has 0 radical (unpaired) electrons. The fourth-order valence-electron chi connectivity index (χ4n) is 3.38. The molecule has 0 spiro atoms. The Morgan fingerprint density at radius 2 is 2.00 bits per heavy atom. The number of amides is 1. The number of hydrogen-bond acceptors (Lipinski definition) is 5. The lowest BCUT2D eigenvalue weighted by molar-refractivity contribution is -0.114. The maximum absolute atomic E-state index is 14.3. The van der Waals surface area contributed by atoms with E-state index >= 15 is 0 Å². The first kappa shape index (κ1) is 21.3. The molecule has 0 saturated carbocycles. The molecule has 2 aromatic heterocycles. The Bertz CT molecular complexity index is 1310. The summed E-state index contributed by atoms with van der Waals surface area (Å²) in [5.41, 5.74) is 4.58. The van der Waals surface area contributed by atoms with Crippen LogP contribution in [-0.4, -0.2) is 45.1 Å². The summed E-state index contributed by atoms with van der Waals surface area (Å²) >= 11 is 0. The van der Waals surface area contributed by atoms with Crippen LogP contribution in [0.15, 0.2) is 48.7 Å². The van der Waals surface area contributed by atoms with Gasteiger partial charge in [-0.2, -0.15) is 5.10 Å². The van der Waals surface area contributed by atoms with Crippen molar-refractivity contribution in [2.75, 3.05) is 19.4 Å². The highest BCUT2D eigenvalue weighted by atomic mass is 19.1. The second-order valence-corrected chi connectivity index (χ2v) is 7.74. The van der Waals surface area contributed by atoms with Gasteiger partial charge in [0.15, 0.2) is 0 Å². The first-order valence-electron chi connectivity index (χ1n) is 10.1. The third-order valence-electron chi connectivity index (χ3n) is 4.83.